The first-order valence-electron chi connectivity index (χ1n) is 5.50. The molecule has 4 N–H and O–H groups in total. The van der Waals surface area contributed by atoms with Crippen molar-refractivity contribution in [2.45, 2.75) is 6.42 Å². The van der Waals surface area contributed by atoms with Crippen LogP contribution in [0, 0.1) is 0 Å². The minimum Gasteiger partial charge on any atom is -0.350 e. The van der Waals surface area contributed by atoms with Gasteiger partial charge in [-0.1, -0.05) is 11.6 Å². The van der Waals surface area contributed by atoms with E-state index < -0.39 is 0 Å². The Morgan fingerprint density at radius 3 is 2.95 bits per heavy atom. The van der Waals surface area contributed by atoms with Gasteiger partial charge in [0, 0.05) is 11.4 Å². The predicted molar refractivity (Wildman–Crippen MR) is 75.2 cm³/mol. The molecule has 0 spiro atoms. The van der Waals surface area contributed by atoms with Gasteiger partial charge in [0.15, 0.2) is 5.82 Å². The summed E-state index contributed by atoms with van der Waals surface area (Å²) in [6.45, 7) is 0.512. The fourth-order valence-electron chi connectivity index (χ4n) is 1.42. The third-order valence-electron chi connectivity index (χ3n) is 2.30. The number of nitrogens with two attached hydrogens (primary N) is 1. The van der Waals surface area contributed by atoms with Crippen molar-refractivity contribution in [3.8, 4) is 0 Å². The molecule has 0 radical (unpaired) electrons. The van der Waals surface area contributed by atoms with E-state index in [1.165, 1.54) is 23.7 Å². The molecule has 2 heterocycles. The molecule has 19 heavy (non-hydrogen) atoms. The number of halogens is 1. The zero-order valence-electron chi connectivity index (χ0n) is 9.89. The lowest BCUT2D eigenvalue weighted by molar-refractivity contribution is 0.0949. The SMILES string of the molecule is NNc1cncc(C(=O)NCCc2ccc(Cl)s2)n1. The van der Waals surface area contributed by atoms with Crippen molar-refractivity contribution in [2.24, 2.45) is 5.84 Å². The van der Waals surface area contributed by atoms with Crippen LogP contribution in [0.15, 0.2) is 24.5 Å². The summed E-state index contributed by atoms with van der Waals surface area (Å²) in [7, 11) is 0. The number of nitrogen functional groups attached to an aromatic ring is 1. The van der Waals surface area contributed by atoms with E-state index in [2.05, 4.69) is 20.7 Å². The Bertz CT molecular complexity index is 574. The molecule has 2 aromatic heterocycles. The van der Waals surface area contributed by atoms with E-state index in [0.717, 1.165) is 15.6 Å². The van der Waals surface area contributed by atoms with Crippen molar-refractivity contribution in [3.05, 3.63) is 39.4 Å². The molecule has 0 saturated carbocycles. The quantitative estimate of drug-likeness (QED) is 0.574. The van der Waals surface area contributed by atoms with Crippen LogP contribution >= 0.6 is 22.9 Å². The molecule has 100 valence electrons. The minimum atomic E-state index is -0.285. The van der Waals surface area contributed by atoms with Gasteiger partial charge in [0.05, 0.1) is 16.7 Å². The second kappa shape index (κ2) is 6.46. The van der Waals surface area contributed by atoms with Crippen LogP contribution < -0.4 is 16.6 Å². The summed E-state index contributed by atoms with van der Waals surface area (Å²) in [6, 6.07) is 3.78. The fraction of sp³-hybridized carbons (Fsp3) is 0.182. The molecule has 0 atom stereocenters. The lowest BCUT2D eigenvalue weighted by atomic mass is 10.3. The van der Waals surface area contributed by atoms with Gasteiger partial charge in [-0.3, -0.25) is 9.78 Å². The monoisotopic (exact) mass is 297 g/mol. The number of aromatic nitrogens is 2. The molecule has 0 bridgehead atoms. The third-order valence-corrected chi connectivity index (χ3v) is 3.59. The normalized spacial score (nSPS) is 10.2. The number of nitrogens with zero attached hydrogens (tertiary/aromatic N) is 2. The summed E-state index contributed by atoms with van der Waals surface area (Å²) in [5, 5.41) is 2.76. The topological polar surface area (TPSA) is 92.9 Å². The van der Waals surface area contributed by atoms with E-state index in [0.29, 0.717) is 12.4 Å². The van der Waals surface area contributed by atoms with Crippen LogP contribution in [0.2, 0.25) is 4.34 Å². The zero-order valence-corrected chi connectivity index (χ0v) is 11.5. The maximum absolute atomic E-state index is 11.8. The highest BCUT2D eigenvalue weighted by Crippen LogP contribution is 2.21. The van der Waals surface area contributed by atoms with Crippen LogP contribution in [-0.2, 0) is 6.42 Å². The van der Waals surface area contributed by atoms with E-state index in [1.54, 1.807) is 0 Å². The van der Waals surface area contributed by atoms with Crippen molar-refractivity contribution >= 4 is 34.7 Å². The number of thiophene rings is 1. The van der Waals surface area contributed by atoms with E-state index in [1.807, 2.05) is 12.1 Å². The smallest absolute Gasteiger partial charge is 0.271 e. The summed E-state index contributed by atoms with van der Waals surface area (Å²) in [4.78, 5) is 20.8. The molecular formula is C11H12ClN5OS. The van der Waals surface area contributed by atoms with Gasteiger partial charge in [-0.15, -0.1) is 11.3 Å². The number of rotatable bonds is 5. The first kappa shape index (κ1) is 13.7. The van der Waals surface area contributed by atoms with Crippen LogP contribution in [-0.4, -0.2) is 22.4 Å². The summed E-state index contributed by atoms with van der Waals surface area (Å²) < 4.78 is 0.744. The Morgan fingerprint density at radius 2 is 2.26 bits per heavy atom. The Morgan fingerprint density at radius 1 is 1.42 bits per heavy atom. The second-order valence-corrected chi connectivity index (χ2v) is 5.45. The van der Waals surface area contributed by atoms with Crippen LogP contribution in [0.25, 0.3) is 0 Å². The predicted octanol–water partition coefficient (Wildman–Crippen LogP) is 1.45. The van der Waals surface area contributed by atoms with Gasteiger partial charge >= 0.3 is 0 Å². The second-order valence-electron chi connectivity index (χ2n) is 3.65. The molecule has 6 nitrogen and oxygen atoms in total. The van der Waals surface area contributed by atoms with Crippen LogP contribution in [0.5, 0.6) is 0 Å². The average Bonchev–Trinajstić information content (AvgIpc) is 2.84. The van der Waals surface area contributed by atoms with Gasteiger partial charge in [0.2, 0.25) is 0 Å². The maximum atomic E-state index is 11.8. The molecule has 0 unspecified atom stereocenters. The maximum Gasteiger partial charge on any atom is 0.271 e. The molecule has 0 saturated heterocycles. The van der Waals surface area contributed by atoms with E-state index >= 15 is 0 Å². The number of hydrazine groups is 1. The number of carbonyl (C=O) groups excluding carboxylic acids is 1. The van der Waals surface area contributed by atoms with Gasteiger partial charge in [-0.05, 0) is 18.6 Å². The summed E-state index contributed by atoms with van der Waals surface area (Å²) in [6.07, 6.45) is 3.55. The first-order chi connectivity index (χ1) is 9.19. The summed E-state index contributed by atoms with van der Waals surface area (Å²) in [5.41, 5.74) is 2.56. The van der Waals surface area contributed by atoms with Gasteiger partial charge in [-0.25, -0.2) is 10.8 Å². The molecule has 2 aromatic rings. The van der Waals surface area contributed by atoms with Crippen LogP contribution in [0.4, 0.5) is 5.82 Å². The molecular weight excluding hydrogens is 286 g/mol. The molecule has 0 aliphatic heterocycles. The Hall–Kier alpha value is -1.70. The molecule has 0 aromatic carbocycles. The lowest BCUT2D eigenvalue weighted by Gasteiger charge is -2.04. The number of anilines is 1. The molecule has 0 aliphatic rings. The minimum absolute atomic E-state index is 0.222. The Balaban J connectivity index is 1.87. The van der Waals surface area contributed by atoms with Crippen molar-refractivity contribution in [3.63, 3.8) is 0 Å². The van der Waals surface area contributed by atoms with Gasteiger partial charge in [0.1, 0.15) is 5.69 Å². The highest BCUT2D eigenvalue weighted by atomic mass is 35.5. The number of hydrogen-bond acceptors (Lipinski definition) is 6. The molecule has 1 amide bonds. The van der Waals surface area contributed by atoms with Crippen molar-refractivity contribution in [2.75, 3.05) is 12.0 Å². The Labute approximate surface area is 119 Å². The van der Waals surface area contributed by atoms with E-state index in [-0.39, 0.29) is 11.6 Å². The van der Waals surface area contributed by atoms with E-state index in [4.69, 9.17) is 17.4 Å². The van der Waals surface area contributed by atoms with Gasteiger partial charge in [0.25, 0.3) is 5.91 Å². The number of amides is 1. The molecule has 8 heteroatoms. The zero-order chi connectivity index (χ0) is 13.7. The highest BCUT2D eigenvalue weighted by molar-refractivity contribution is 7.16. The number of hydrogen-bond donors (Lipinski definition) is 3. The van der Waals surface area contributed by atoms with E-state index in [9.17, 15) is 4.79 Å². The van der Waals surface area contributed by atoms with Crippen LogP contribution in [0.1, 0.15) is 15.4 Å². The summed E-state index contributed by atoms with van der Waals surface area (Å²) >= 11 is 7.33. The average molecular weight is 298 g/mol. The molecule has 0 aliphatic carbocycles. The first-order valence-corrected chi connectivity index (χ1v) is 6.69. The fourth-order valence-corrected chi connectivity index (χ4v) is 2.51. The summed E-state index contributed by atoms with van der Waals surface area (Å²) in [5.74, 6) is 5.26. The van der Waals surface area contributed by atoms with Crippen molar-refractivity contribution < 1.29 is 4.79 Å². The van der Waals surface area contributed by atoms with Gasteiger partial charge in [-0.2, -0.15) is 0 Å². The highest BCUT2D eigenvalue weighted by Gasteiger charge is 2.08. The van der Waals surface area contributed by atoms with Gasteiger partial charge < -0.3 is 10.7 Å². The third kappa shape index (κ3) is 3.88. The lowest BCUT2D eigenvalue weighted by Crippen LogP contribution is -2.27. The van der Waals surface area contributed by atoms with Crippen molar-refractivity contribution in [1.29, 1.82) is 0 Å². The number of nitrogens with one attached hydrogen (secondary N) is 2. The Kier molecular flexibility index (Phi) is 4.67. The largest absolute Gasteiger partial charge is 0.350 e. The molecule has 2 rings (SSSR count). The standard InChI is InChI=1S/C11H12ClN5OS/c12-9-2-1-7(19-9)3-4-15-11(18)8-5-14-6-10(16-8)17-13/h1-2,5-6H,3-4,13H2,(H,15,18)(H,16,17). The van der Waals surface area contributed by atoms with Crippen LogP contribution in [0.3, 0.4) is 0 Å². The molecule has 0 fully saturated rings. The van der Waals surface area contributed by atoms with Crippen molar-refractivity contribution in [1.82, 2.24) is 15.3 Å². The number of carbonyl (C=O) groups is 1.